The van der Waals surface area contributed by atoms with Gasteiger partial charge in [-0.3, -0.25) is 4.79 Å². The molecule has 1 heterocycles. The lowest BCUT2D eigenvalue weighted by Crippen LogP contribution is -2.14. The molecule has 0 saturated heterocycles. The van der Waals surface area contributed by atoms with Gasteiger partial charge in [0.15, 0.2) is 5.13 Å². The van der Waals surface area contributed by atoms with Gasteiger partial charge in [0.1, 0.15) is 11.3 Å². The normalized spacial score (nSPS) is 10.8. The lowest BCUT2D eigenvalue weighted by atomic mass is 10.0. The molecule has 4 nitrogen and oxygen atoms in total. The van der Waals surface area contributed by atoms with E-state index in [-0.39, 0.29) is 5.91 Å². The lowest BCUT2D eigenvalue weighted by molar-refractivity contribution is -0.115. The third-order valence-corrected chi connectivity index (χ3v) is 4.80. The van der Waals surface area contributed by atoms with Crippen molar-refractivity contribution in [2.24, 2.45) is 0 Å². The van der Waals surface area contributed by atoms with Crippen molar-refractivity contribution >= 4 is 32.6 Å². The van der Waals surface area contributed by atoms with Crippen LogP contribution in [0.1, 0.15) is 23.6 Å². The second-order valence-electron chi connectivity index (χ2n) is 5.70. The van der Waals surface area contributed by atoms with Crippen LogP contribution in [0.15, 0.2) is 36.4 Å². The summed E-state index contributed by atoms with van der Waals surface area (Å²) in [7, 11) is 0. The van der Waals surface area contributed by atoms with Gasteiger partial charge in [-0.2, -0.15) is 0 Å². The predicted octanol–water partition coefficient (Wildman–Crippen LogP) is 4.49. The summed E-state index contributed by atoms with van der Waals surface area (Å²) in [6.45, 7) is 6.65. The van der Waals surface area contributed by atoms with Crippen LogP contribution in [-0.2, 0) is 11.2 Å². The number of amides is 1. The summed E-state index contributed by atoms with van der Waals surface area (Å²) in [5.74, 6) is 0.691. The minimum atomic E-state index is -0.0599. The van der Waals surface area contributed by atoms with Crippen LogP contribution in [0, 0.1) is 13.8 Å². The molecule has 0 saturated carbocycles. The van der Waals surface area contributed by atoms with Gasteiger partial charge >= 0.3 is 0 Å². The van der Waals surface area contributed by atoms with Gasteiger partial charge in [0.2, 0.25) is 5.91 Å². The van der Waals surface area contributed by atoms with Gasteiger partial charge in [-0.15, -0.1) is 0 Å². The molecule has 24 heavy (non-hydrogen) atoms. The lowest BCUT2D eigenvalue weighted by Gasteiger charge is -2.05. The Morgan fingerprint density at radius 2 is 2.04 bits per heavy atom. The van der Waals surface area contributed by atoms with Gasteiger partial charge in [0.25, 0.3) is 0 Å². The number of benzene rings is 2. The van der Waals surface area contributed by atoms with Crippen molar-refractivity contribution in [3.05, 3.63) is 53.1 Å². The van der Waals surface area contributed by atoms with Gasteiger partial charge in [0, 0.05) is 0 Å². The van der Waals surface area contributed by atoms with Crippen molar-refractivity contribution < 1.29 is 9.53 Å². The Bertz CT molecular complexity index is 886. The van der Waals surface area contributed by atoms with Crippen LogP contribution in [0.3, 0.4) is 0 Å². The molecule has 0 atom stereocenters. The second-order valence-corrected chi connectivity index (χ2v) is 6.73. The molecule has 1 amide bonds. The smallest absolute Gasteiger partial charge is 0.230 e. The maximum atomic E-state index is 12.3. The molecule has 0 fully saturated rings. The van der Waals surface area contributed by atoms with E-state index < -0.39 is 0 Å². The van der Waals surface area contributed by atoms with Crippen LogP contribution >= 0.6 is 11.3 Å². The Balaban J connectivity index is 1.75. The third-order valence-electron chi connectivity index (χ3n) is 3.86. The minimum Gasteiger partial charge on any atom is -0.492 e. The van der Waals surface area contributed by atoms with Crippen molar-refractivity contribution in [2.45, 2.75) is 27.2 Å². The molecule has 0 radical (unpaired) electrons. The highest BCUT2D eigenvalue weighted by Crippen LogP contribution is 2.32. The number of fused-ring (bicyclic) bond motifs is 1. The average molecular weight is 340 g/mol. The van der Waals surface area contributed by atoms with Gasteiger partial charge in [-0.05, 0) is 49.6 Å². The Morgan fingerprint density at radius 1 is 1.21 bits per heavy atom. The number of aromatic nitrogens is 1. The average Bonchev–Trinajstić information content (AvgIpc) is 2.94. The number of nitrogens with one attached hydrogen (secondary N) is 1. The Morgan fingerprint density at radius 3 is 2.79 bits per heavy atom. The van der Waals surface area contributed by atoms with Crippen LogP contribution in [0.25, 0.3) is 10.2 Å². The molecule has 2 aromatic carbocycles. The largest absolute Gasteiger partial charge is 0.492 e. The number of thiazole rings is 1. The van der Waals surface area contributed by atoms with E-state index in [9.17, 15) is 4.79 Å². The van der Waals surface area contributed by atoms with Gasteiger partial charge in [-0.25, -0.2) is 4.98 Å². The van der Waals surface area contributed by atoms with E-state index in [1.807, 2.05) is 37.3 Å². The fraction of sp³-hybridized carbons (Fsp3) is 0.263. The van der Waals surface area contributed by atoms with E-state index in [1.54, 1.807) is 0 Å². The van der Waals surface area contributed by atoms with E-state index >= 15 is 0 Å². The molecule has 0 aliphatic heterocycles. The SMILES string of the molecule is CCOc1cccc2sc(NC(=O)Cc3ccc(C)c(C)c3)nc12. The topological polar surface area (TPSA) is 51.2 Å². The Hall–Kier alpha value is -2.40. The number of para-hydroxylation sites is 1. The third kappa shape index (κ3) is 3.57. The maximum absolute atomic E-state index is 12.3. The highest BCUT2D eigenvalue weighted by Gasteiger charge is 2.12. The van der Waals surface area contributed by atoms with Gasteiger partial charge in [-0.1, -0.05) is 35.6 Å². The minimum absolute atomic E-state index is 0.0599. The first-order valence-corrected chi connectivity index (χ1v) is 8.77. The zero-order valence-corrected chi connectivity index (χ0v) is 14.9. The van der Waals surface area contributed by atoms with Crippen molar-refractivity contribution in [3.63, 3.8) is 0 Å². The van der Waals surface area contributed by atoms with Crippen molar-refractivity contribution in [3.8, 4) is 5.75 Å². The number of hydrogen-bond donors (Lipinski definition) is 1. The molecular formula is C19H20N2O2S. The summed E-state index contributed by atoms with van der Waals surface area (Å²) in [4.78, 5) is 16.8. The quantitative estimate of drug-likeness (QED) is 0.744. The number of hydrogen-bond acceptors (Lipinski definition) is 4. The molecular weight excluding hydrogens is 320 g/mol. The number of rotatable bonds is 5. The Kier molecular flexibility index (Phi) is 4.81. The summed E-state index contributed by atoms with van der Waals surface area (Å²) < 4.78 is 6.59. The Labute approximate surface area is 145 Å². The standard InChI is InChI=1S/C19H20N2O2S/c1-4-23-15-6-5-7-16-18(15)21-19(24-16)20-17(22)11-14-9-8-12(2)13(3)10-14/h5-10H,4,11H2,1-3H3,(H,20,21,22). The second kappa shape index (κ2) is 7.01. The molecule has 1 aromatic heterocycles. The molecule has 5 heteroatoms. The molecule has 1 N–H and O–H groups in total. The van der Waals surface area contributed by atoms with Crippen molar-refractivity contribution in [1.29, 1.82) is 0 Å². The van der Waals surface area contributed by atoms with E-state index in [2.05, 4.69) is 30.2 Å². The summed E-state index contributed by atoms with van der Waals surface area (Å²) in [6.07, 6.45) is 0.343. The summed E-state index contributed by atoms with van der Waals surface area (Å²) in [5.41, 5.74) is 4.23. The summed E-state index contributed by atoms with van der Waals surface area (Å²) in [5, 5.41) is 3.50. The first-order chi connectivity index (χ1) is 11.6. The maximum Gasteiger partial charge on any atom is 0.230 e. The molecule has 0 spiro atoms. The number of carbonyl (C=O) groups excluding carboxylic acids is 1. The predicted molar refractivity (Wildman–Crippen MR) is 99.0 cm³/mol. The molecule has 3 rings (SSSR count). The van der Waals surface area contributed by atoms with Crippen molar-refractivity contribution in [1.82, 2.24) is 4.98 Å². The van der Waals surface area contributed by atoms with Gasteiger partial charge in [0.05, 0.1) is 17.7 Å². The zero-order chi connectivity index (χ0) is 17.1. The molecule has 0 unspecified atom stereocenters. The van der Waals surface area contributed by atoms with E-state index in [0.29, 0.717) is 18.2 Å². The molecule has 124 valence electrons. The first-order valence-electron chi connectivity index (χ1n) is 7.95. The van der Waals surface area contributed by atoms with E-state index in [1.165, 1.54) is 22.5 Å². The molecule has 3 aromatic rings. The number of carbonyl (C=O) groups is 1. The van der Waals surface area contributed by atoms with Crippen LogP contribution in [0.4, 0.5) is 5.13 Å². The summed E-state index contributed by atoms with van der Waals surface area (Å²) >= 11 is 1.46. The fourth-order valence-electron chi connectivity index (χ4n) is 2.51. The fourth-order valence-corrected chi connectivity index (χ4v) is 3.41. The molecule has 0 aliphatic rings. The zero-order valence-electron chi connectivity index (χ0n) is 14.1. The molecule has 0 bridgehead atoms. The van der Waals surface area contributed by atoms with Gasteiger partial charge < -0.3 is 10.1 Å². The highest BCUT2D eigenvalue weighted by molar-refractivity contribution is 7.22. The number of nitrogens with zero attached hydrogens (tertiary/aromatic N) is 1. The van der Waals surface area contributed by atoms with Crippen molar-refractivity contribution in [2.75, 3.05) is 11.9 Å². The van der Waals surface area contributed by atoms with Crippen LogP contribution < -0.4 is 10.1 Å². The number of ether oxygens (including phenoxy) is 1. The van der Waals surface area contributed by atoms with Crippen LogP contribution in [-0.4, -0.2) is 17.5 Å². The van der Waals surface area contributed by atoms with E-state index in [0.717, 1.165) is 21.5 Å². The van der Waals surface area contributed by atoms with Crippen LogP contribution in [0.2, 0.25) is 0 Å². The van der Waals surface area contributed by atoms with Crippen LogP contribution in [0.5, 0.6) is 5.75 Å². The molecule has 0 aliphatic carbocycles. The number of aryl methyl sites for hydroxylation is 2. The first kappa shape index (κ1) is 16.5. The monoisotopic (exact) mass is 340 g/mol. The van der Waals surface area contributed by atoms with E-state index in [4.69, 9.17) is 4.74 Å². The number of anilines is 1. The highest BCUT2D eigenvalue weighted by atomic mass is 32.1. The summed E-state index contributed by atoms with van der Waals surface area (Å²) in [6, 6.07) is 11.9.